The molecule has 0 bridgehead atoms. The molecule has 3 heteroatoms. The summed E-state index contributed by atoms with van der Waals surface area (Å²) in [6.45, 7) is 1.82. The lowest BCUT2D eigenvalue weighted by Crippen LogP contribution is -1.99. The molecule has 1 N–H and O–H groups in total. The van der Waals surface area contributed by atoms with Crippen molar-refractivity contribution in [2.75, 3.05) is 0 Å². The van der Waals surface area contributed by atoms with Crippen LogP contribution in [0.2, 0.25) is 0 Å². The van der Waals surface area contributed by atoms with Crippen LogP contribution in [0.4, 0.5) is 0 Å². The molecule has 1 aromatic carbocycles. The summed E-state index contributed by atoms with van der Waals surface area (Å²) in [5.74, 6) is 0.336. The molecule has 0 aliphatic heterocycles. The first-order chi connectivity index (χ1) is 8.16. The Balaban J connectivity index is 2.43. The molecule has 0 aliphatic rings. The number of hydrogen-bond acceptors (Lipinski definition) is 2. The Bertz CT molecular complexity index is 550. The number of carbonyl (C=O) groups is 1. The number of aryl methyl sites for hydroxylation is 1. The molecule has 1 heterocycles. The first kappa shape index (κ1) is 11.2. The van der Waals surface area contributed by atoms with Crippen molar-refractivity contribution in [1.82, 2.24) is 0 Å². The first-order valence-corrected chi connectivity index (χ1v) is 5.23. The monoisotopic (exact) mass is 228 g/mol. The molecule has 0 saturated heterocycles. The van der Waals surface area contributed by atoms with Crippen molar-refractivity contribution in [1.29, 1.82) is 0 Å². The van der Waals surface area contributed by atoms with Gasteiger partial charge in [0.15, 0.2) is 0 Å². The Hall–Kier alpha value is -2.29. The smallest absolute Gasteiger partial charge is 0.336 e. The van der Waals surface area contributed by atoms with Gasteiger partial charge in [-0.25, -0.2) is 4.79 Å². The summed E-state index contributed by atoms with van der Waals surface area (Å²) in [5, 5.41) is 9.18. The van der Waals surface area contributed by atoms with E-state index >= 15 is 0 Å². The number of benzene rings is 1. The maximum absolute atomic E-state index is 11.2. The molecule has 2 rings (SSSR count). The highest BCUT2D eigenvalue weighted by molar-refractivity contribution is 6.20. The lowest BCUT2D eigenvalue weighted by atomic mass is 10.1. The van der Waals surface area contributed by atoms with E-state index in [1.807, 2.05) is 13.0 Å². The van der Waals surface area contributed by atoms with Crippen molar-refractivity contribution < 1.29 is 14.3 Å². The molecule has 0 saturated carbocycles. The fraction of sp³-hybridized carbons (Fsp3) is 0.0714. The third kappa shape index (κ3) is 2.64. The van der Waals surface area contributed by atoms with Crippen molar-refractivity contribution in [2.45, 2.75) is 6.92 Å². The van der Waals surface area contributed by atoms with Gasteiger partial charge in [-0.3, -0.25) is 0 Å². The second-order valence-electron chi connectivity index (χ2n) is 3.68. The van der Waals surface area contributed by atoms with Gasteiger partial charge in [-0.15, -0.1) is 0 Å². The van der Waals surface area contributed by atoms with Gasteiger partial charge in [0.1, 0.15) is 11.5 Å². The van der Waals surface area contributed by atoms with Crippen LogP contribution in [0.25, 0.3) is 11.6 Å². The van der Waals surface area contributed by atoms with Gasteiger partial charge in [0, 0.05) is 0 Å². The van der Waals surface area contributed by atoms with Gasteiger partial charge in [-0.2, -0.15) is 0 Å². The first-order valence-electron chi connectivity index (χ1n) is 5.23. The Morgan fingerprint density at radius 1 is 1.18 bits per heavy atom. The SMILES string of the molecule is Cc1ccc(/C=C(\C(=O)O)c2ccccc2)o1. The zero-order valence-electron chi connectivity index (χ0n) is 9.38. The van der Waals surface area contributed by atoms with Gasteiger partial charge in [0.2, 0.25) is 0 Å². The molecule has 0 amide bonds. The summed E-state index contributed by atoms with van der Waals surface area (Å²) < 4.78 is 5.35. The van der Waals surface area contributed by atoms with Crippen LogP contribution < -0.4 is 0 Å². The van der Waals surface area contributed by atoms with Crippen LogP contribution in [-0.4, -0.2) is 11.1 Å². The van der Waals surface area contributed by atoms with Gasteiger partial charge in [-0.1, -0.05) is 30.3 Å². The average molecular weight is 228 g/mol. The minimum absolute atomic E-state index is 0.222. The number of rotatable bonds is 3. The predicted molar refractivity (Wildman–Crippen MR) is 65.4 cm³/mol. The molecule has 0 atom stereocenters. The van der Waals surface area contributed by atoms with Crippen LogP contribution in [-0.2, 0) is 4.79 Å². The predicted octanol–water partition coefficient (Wildman–Crippen LogP) is 3.21. The van der Waals surface area contributed by atoms with Crippen molar-refractivity contribution in [3.05, 3.63) is 59.5 Å². The second kappa shape index (κ2) is 4.70. The molecule has 3 nitrogen and oxygen atoms in total. The Labute approximate surface area is 99.0 Å². The molecule has 0 spiro atoms. The maximum Gasteiger partial charge on any atom is 0.336 e. The van der Waals surface area contributed by atoms with Crippen LogP contribution in [0.15, 0.2) is 46.9 Å². The van der Waals surface area contributed by atoms with E-state index in [-0.39, 0.29) is 5.57 Å². The zero-order valence-corrected chi connectivity index (χ0v) is 9.38. The van der Waals surface area contributed by atoms with E-state index in [9.17, 15) is 9.90 Å². The van der Waals surface area contributed by atoms with Gasteiger partial charge in [0.25, 0.3) is 0 Å². The number of carboxylic acid groups (broad SMARTS) is 1. The summed E-state index contributed by atoms with van der Waals surface area (Å²) in [5.41, 5.74) is 0.883. The van der Waals surface area contributed by atoms with Crippen LogP contribution in [0.5, 0.6) is 0 Å². The van der Waals surface area contributed by atoms with Crippen molar-refractivity contribution >= 4 is 17.6 Å². The standard InChI is InChI=1S/C14H12O3/c1-10-7-8-12(17-10)9-13(14(15)16)11-5-3-2-4-6-11/h2-9H,1H3,(H,15,16)/b13-9-. The zero-order chi connectivity index (χ0) is 12.3. The third-order valence-electron chi connectivity index (χ3n) is 2.36. The quantitative estimate of drug-likeness (QED) is 0.820. The highest BCUT2D eigenvalue weighted by Crippen LogP contribution is 2.19. The van der Waals surface area contributed by atoms with Crippen molar-refractivity contribution in [3.8, 4) is 0 Å². The highest BCUT2D eigenvalue weighted by atomic mass is 16.4. The average Bonchev–Trinajstić information content (AvgIpc) is 2.73. The lowest BCUT2D eigenvalue weighted by Gasteiger charge is -2.01. The topological polar surface area (TPSA) is 50.4 Å². The number of carboxylic acids is 1. The van der Waals surface area contributed by atoms with Gasteiger partial charge in [-0.05, 0) is 30.7 Å². The largest absolute Gasteiger partial charge is 0.478 e. The van der Waals surface area contributed by atoms with E-state index in [1.54, 1.807) is 36.4 Å². The summed E-state index contributed by atoms with van der Waals surface area (Å²) in [6.07, 6.45) is 1.53. The van der Waals surface area contributed by atoms with Gasteiger partial charge in [0.05, 0.1) is 5.57 Å². The maximum atomic E-state index is 11.2. The minimum atomic E-state index is -0.967. The minimum Gasteiger partial charge on any atom is -0.478 e. The van der Waals surface area contributed by atoms with E-state index < -0.39 is 5.97 Å². The third-order valence-corrected chi connectivity index (χ3v) is 2.36. The molecule has 17 heavy (non-hydrogen) atoms. The summed E-state index contributed by atoms with van der Waals surface area (Å²) in [4.78, 5) is 11.2. The summed E-state index contributed by atoms with van der Waals surface area (Å²) in [7, 11) is 0. The highest BCUT2D eigenvalue weighted by Gasteiger charge is 2.10. The fourth-order valence-electron chi connectivity index (χ4n) is 1.56. The number of aliphatic carboxylic acids is 1. The van der Waals surface area contributed by atoms with Gasteiger partial charge < -0.3 is 9.52 Å². The van der Waals surface area contributed by atoms with Gasteiger partial charge >= 0.3 is 5.97 Å². The fourth-order valence-corrected chi connectivity index (χ4v) is 1.56. The Kier molecular flexibility index (Phi) is 3.10. The lowest BCUT2D eigenvalue weighted by molar-refractivity contribution is -0.130. The number of furan rings is 1. The molecule has 86 valence electrons. The molecular formula is C14H12O3. The van der Waals surface area contributed by atoms with Crippen LogP contribution in [0, 0.1) is 6.92 Å². The van der Waals surface area contributed by atoms with Crippen molar-refractivity contribution in [2.24, 2.45) is 0 Å². The molecule has 0 aliphatic carbocycles. The van der Waals surface area contributed by atoms with Crippen LogP contribution in [0.3, 0.4) is 0 Å². The molecular weight excluding hydrogens is 216 g/mol. The molecule has 0 radical (unpaired) electrons. The van der Waals surface area contributed by atoms with E-state index in [0.29, 0.717) is 11.3 Å². The summed E-state index contributed by atoms with van der Waals surface area (Å²) in [6, 6.07) is 12.5. The van der Waals surface area contributed by atoms with Crippen molar-refractivity contribution in [3.63, 3.8) is 0 Å². The Morgan fingerprint density at radius 3 is 2.41 bits per heavy atom. The summed E-state index contributed by atoms with van der Waals surface area (Å²) >= 11 is 0. The molecule has 2 aromatic rings. The second-order valence-corrected chi connectivity index (χ2v) is 3.68. The van der Waals surface area contributed by atoms with Crippen LogP contribution >= 0.6 is 0 Å². The molecule has 0 fully saturated rings. The van der Waals surface area contributed by atoms with E-state index in [0.717, 1.165) is 5.76 Å². The van der Waals surface area contributed by atoms with E-state index in [4.69, 9.17) is 4.42 Å². The van der Waals surface area contributed by atoms with E-state index in [1.165, 1.54) is 6.08 Å². The molecule has 1 aromatic heterocycles. The van der Waals surface area contributed by atoms with Crippen LogP contribution in [0.1, 0.15) is 17.1 Å². The normalized spacial score (nSPS) is 11.5. The van der Waals surface area contributed by atoms with E-state index in [2.05, 4.69) is 0 Å². The Morgan fingerprint density at radius 2 is 1.88 bits per heavy atom. The number of hydrogen-bond donors (Lipinski definition) is 1. The molecule has 0 unspecified atom stereocenters.